The summed E-state index contributed by atoms with van der Waals surface area (Å²) < 4.78 is 2.24. The first kappa shape index (κ1) is 14.7. The van der Waals surface area contributed by atoms with Gasteiger partial charge < -0.3 is 9.88 Å². The number of hydrogen-bond donors (Lipinski definition) is 1. The Bertz CT molecular complexity index is 587. The van der Waals surface area contributed by atoms with Crippen molar-refractivity contribution < 1.29 is 0 Å². The molecule has 0 radical (unpaired) electrons. The SMILES string of the molecule is CC(C)n1cncc1CSc1cccc(CNC2CC2)c1. The van der Waals surface area contributed by atoms with Crippen molar-refractivity contribution in [1.29, 1.82) is 0 Å². The van der Waals surface area contributed by atoms with Gasteiger partial charge in [0, 0.05) is 41.2 Å². The maximum Gasteiger partial charge on any atom is 0.0950 e. The first-order valence-electron chi connectivity index (χ1n) is 7.68. The van der Waals surface area contributed by atoms with Crippen LogP contribution in [0.4, 0.5) is 0 Å². The van der Waals surface area contributed by atoms with Gasteiger partial charge in [0.2, 0.25) is 0 Å². The van der Waals surface area contributed by atoms with E-state index in [0.29, 0.717) is 6.04 Å². The monoisotopic (exact) mass is 301 g/mol. The molecule has 3 nitrogen and oxygen atoms in total. The lowest BCUT2D eigenvalue weighted by Crippen LogP contribution is -2.15. The van der Waals surface area contributed by atoms with Gasteiger partial charge >= 0.3 is 0 Å². The third-order valence-corrected chi connectivity index (χ3v) is 4.79. The first-order valence-corrected chi connectivity index (χ1v) is 8.67. The van der Waals surface area contributed by atoms with Crippen LogP contribution in [0.3, 0.4) is 0 Å². The normalized spacial score (nSPS) is 14.8. The van der Waals surface area contributed by atoms with Gasteiger partial charge in [-0.2, -0.15) is 0 Å². The fourth-order valence-corrected chi connectivity index (χ4v) is 3.31. The van der Waals surface area contributed by atoms with Gasteiger partial charge in [0.1, 0.15) is 0 Å². The van der Waals surface area contributed by atoms with Crippen LogP contribution in [0.2, 0.25) is 0 Å². The van der Waals surface area contributed by atoms with Gasteiger partial charge in [-0.25, -0.2) is 4.98 Å². The molecule has 0 bridgehead atoms. The van der Waals surface area contributed by atoms with Crippen LogP contribution in [0.25, 0.3) is 0 Å². The zero-order chi connectivity index (χ0) is 14.7. The largest absolute Gasteiger partial charge is 0.331 e. The summed E-state index contributed by atoms with van der Waals surface area (Å²) in [5.74, 6) is 0.970. The summed E-state index contributed by atoms with van der Waals surface area (Å²) in [6, 6.07) is 10.1. The predicted octanol–water partition coefficient (Wildman–Crippen LogP) is 4.01. The van der Waals surface area contributed by atoms with Crippen LogP contribution in [0.5, 0.6) is 0 Å². The molecule has 1 aliphatic carbocycles. The van der Waals surface area contributed by atoms with E-state index < -0.39 is 0 Å². The smallest absolute Gasteiger partial charge is 0.0950 e. The van der Waals surface area contributed by atoms with Crippen molar-refractivity contribution in [3.8, 4) is 0 Å². The highest BCUT2D eigenvalue weighted by atomic mass is 32.2. The van der Waals surface area contributed by atoms with E-state index in [-0.39, 0.29) is 0 Å². The van der Waals surface area contributed by atoms with Crippen LogP contribution < -0.4 is 5.32 Å². The summed E-state index contributed by atoms with van der Waals surface area (Å²) in [5, 5.41) is 3.57. The number of nitrogens with one attached hydrogen (secondary N) is 1. The van der Waals surface area contributed by atoms with E-state index in [1.807, 2.05) is 24.3 Å². The van der Waals surface area contributed by atoms with Gasteiger partial charge in [-0.05, 0) is 44.4 Å². The van der Waals surface area contributed by atoms with Crippen molar-refractivity contribution in [2.75, 3.05) is 0 Å². The molecule has 21 heavy (non-hydrogen) atoms. The number of imidazole rings is 1. The standard InChI is InChI=1S/C17H23N3S/c1-13(2)20-12-18-10-16(20)11-21-17-5-3-4-14(8-17)9-19-15-6-7-15/h3-5,8,10,12-13,15,19H,6-7,9,11H2,1-2H3. The number of hydrogen-bond acceptors (Lipinski definition) is 3. The van der Waals surface area contributed by atoms with Crippen molar-refractivity contribution in [3.05, 3.63) is 48.0 Å². The van der Waals surface area contributed by atoms with Crippen LogP contribution in [-0.2, 0) is 12.3 Å². The summed E-state index contributed by atoms with van der Waals surface area (Å²) in [6.45, 7) is 5.38. The average molecular weight is 301 g/mol. The molecule has 0 atom stereocenters. The molecular weight excluding hydrogens is 278 g/mol. The number of rotatable bonds is 7. The minimum atomic E-state index is 0.470. The van der Waals surface area contributed by atoms with E-state index in [9.17, 15) is 0 Å². The Labute approximate surface area is 131 Å². The van der Waals surface area contributed by atoms with E-state index in [0.717, 1.165) is 18.3 Å². The van der Waals surface area contributed by atoms with E-state index >= 15 is 0 Å². The van der Waals surface area contributed by atoms with Crippen LogP contribution in [0.15, 0.2) is 41.7 Å². The minimum Gasteiger partial charge on any atom is -0.331 e. The van der Waals surface area contributed by atoms with Gasteiger partial charge in [-0.3, -0.25) is 0 Å². The second-order valence-electron chi connectivity index (χ2n) is 5.98. The van der Waals surface area contributed by atoms with E-state index in [2.05, 4.69) is 53.0 Å². The van der Waals surface area contributed by atoms with Crippen LogP contribution >= 0.6 is 11.8 Å². The number of nitrogens with zero attached hydrogens (tertiary/aromatic N) is 2. The van der Waals surface area contributed by atoms with Gasteiger partial charge in [-0.1, -0.05) is 12.1 Å². The second-order valence-corrected chi connectivity index (χ2v) is 7.03. The third kappa shape index (κ3) is 4.11. The Kier molecular flexibility index (Phi) is 4.66. The van der Waals surface area contributed by atoms with E-state index in [1.165, 1.54) is 29.0 Å². The van der Waals surface area contributed by atoms with Gasteiger partial charge in [0.05, 0.1) is 6.33 Å². The predicted molar refractivity (Wildman–Crippen MR) is 88.5 cm³/mol. The Hall–Kier alpha value is -1.26. The molecule has 1 fully saturated rings. The molecule has 1 heterocycles. The lowest BCUT2D eigenvalue weighted by molar-refractivity contribution is 0.584. The Morgan fingerprint density at radius 2 is 2.24 bits per heavy atom. The highest BCUT2D eigenvalue weighted by Crippen LogP contribution is 2.25. The summed E-state index contributed by atoms with van der Waals surface area (Å²) in [6.07, 6.45) is 6.59. The van der Waals surface area contributed by atoms with Crippen LogP contribution in [0, 0.1) is 0 Å². The number of benzene rings is 1. The molecule has 3 rings (SSSR count). The van der Waals surface area contributed by atoms with Crippen molar-refractivity contribution >= 4 is 11.8 Å². The van der Waals surface area contributed by atoms with Crippen LogP contribution in [-0.4, -0.2) is 15.6 Å². The molecule has 2 aromatic rings. The molecule has 1 aromatic heterocycles. The molecule has 0 saturated heterocycles. The lowest BCUT2D eigenvalue weighted by Gasteiger charge is -2.11. The molecule has 1 saturated carbocycles. The van der Waals surface area contributed by atoms with Gasteiger partial charge in [-0.15, -0.1) is 11.8 Å². The molecule has 0 aliphatic heterocycles. The maximum atomic E-state index is 4.27. The number of aromatic nitrogens is 2. The van der Waals surface area contributed by atoms with Crippen molar-refractivity contribution in [1.82, 2.24) is 14.9 Å². The fourth-order valence-electron chi connectivity index (χ4n) is 2.36. The summed E-state index contributed by atoms with van der Waals surface area (Å²) >= 11 is 1.89. The molecule has 1 aliphatic rings. The Morgan fingerprint density at radius 3 is 3.00 bits per heavy atom. The summed E-state index contributed by atoms with van der Waals surface area (Å²) in [5.41, 5.74) is 2.67. The quantitative estimate of drug-likeness (QED) is 0.784. The molecule has 4 heteroatoms. The van der Waals surface area contributed by atoms with Gasteiger partial charge in [0.15, 0.2) is 0 Å². The molecule has 112 valence electrons. The Morgan fingerprint density at radius 1 is 1.38 bits per heavy atom. The summed E-state index contributed by atoms with van der Waals surface area (Å²) in [7, 11) is 0. The van der Waals surface area contributed by atoms with E-state index in [4.69, 9.17) is 0 Å². The highest BCUT2D eigenvalue weighted by Gasteiger charge is 2.19. The molecule has 0 spiro atoms. The molecule has 1 N–H and O–H groups in total. The van der Waals surface area contributed by atoms with E-state index in [1.54, 1.807) is 0 Å². The van der Waals surface area contributed by atoms with Crippen molar-refractivity contribution in [3.63, 3.8) is 0 Å². The maximum absolute atomic E-state index is 4.27. The molecule has 0 amide bonds. The molecule has 0 unspecified atom stereocenters. The minimum absolute atomic E-state index is 0.470. The summed E-state index contributed by atoms with van der Waals surface area (Å²) in [4.78, 5) is 5.60. The first-order chi connectivity index (χ1) is 10.2. The van der Waals surface area contributed by atoms with Crippen LogP contribution in [0.1, 0.15) is 44.0 Å². The fraction of sp³-hybridized carbons (Fsp3) is 0.471. The molecule has 1 aromatic carbocycles. The Balaban J connectivity index is 1.59. The second kappa shape index (κ2) is 6.67. The zero-order valence-electron chi connectivity index (χ0n) is 12.7. The number of thioether (sulfide) groups is 1. The molecular formula is C17H23N3S. The zero-order valence-corrected chi connectivity index (χ0v) is 13.6. The van der Waals surface area contributed by atoms with Crippen molar-refractivity contribution in [2.24, 2.45) is 0 Å². The average Bonchev–Trinajstić information content (AvgIpc) is 3.19. The van der Waals surface area contributed by atoms with Gasteiger partial charge in [0.25, 0.3) is 0 Å². The van der Waals surface area contributed by atoms with Crippen molar-refractivity contribution in [2.45, 2.75) is 56.0 Å². The lowest BCUT2D eigenvalue weighted by atomic mass is 10.2. The third-order valence-electron chi connectivity index (χ3n) is 3.76. The topological polar surface area (TPSA) is 29.9 Å². The highest BCUT2D eigenvalue weighted by molar-refractivity contribution is 7.98.